The van der Waals surface area contributed by atoms with Gasteiger partial charge in [-0.2, -0.15) is 4.98 Å². The predicted octanol–water partition coefficient (Wildman–Crippen LogP) is 0.191. The molecule has 7 rings (SSSR count). The summed E-state index contributed by atoms with van der Waals surface area (Å²) in [6.07, 6.45) is -8.89. The highest BCUT2D eigenvalue weighted by Crippen LogP contribution is 2.45. The molecule has 0 radical (unpaired) electrons. The molecule has 3 fully saturated rings. The Morgan fingerprint density at radius 3 is 2.00 bits per heavy atom. The van der Waals surface area contributed by atoms with E-state index in [-0.39, 0.29) is 34.1 Å². The van der Waals surface area contributed by atoms with Gasteiger partial charge in [-0.15, -0.1) is 0 Å². The summed E-state index contributed by atoms with van der Waals surface area (Å²) in [6.45, 7) is -1.12. The van der Waals surface area contributed by atoms with Crippen LogP contribution in [0.3, 0.4) is 0 Å². The zero-order chi connectivity index (χ0) is 30.0. The molecule has 0 bridgehead atoms. The van der Waals surface area contributed by atoms with Gasteiger partial charge in [-0.05, 0) is 0 Å². The maximum absolute atomic E-state index is 15.8. The number of nitrogens with two attached hydrogens (primary N) is 2. The quantitative estimate of drug-likeness (QED) is 0.246. The van der Waals surface area contributed by atoms with Crippen LogP contribution in [0.5, 0.6) is 0 Å². The van der Waals surface area contributed by atoms with Gasteiger partial charge in [-0.3, -0.25) is 28.0 Å². The molecule has 5 N–H and O–H groups in total. The number of aromatic amines is 1. The van der Waals surface area contributed by atoms with E-state index in [2.05, 4.69) is 29.9 Å². The second-order valence-corrected chi connectivity index (χ2v) is 11.7. The number of nitrogens with one attached hydrogen (secondary N) is 1. The fourth-order valence-electron chi connectivity index (χ4n) is 5.16. The molecule has 4 aromatic rings. The van der Waals surface area contributed by atoms with Gasteiger partial charge in [0.2, 0.25) is 5.95 Å². The number of alkyl halides is 2. The zero-order valence-corrected chi connectivity index (χ0v) is 23.5. The summed E-state index contributed by atoms with van der Waals surface area (Å²) in [5, 5.41) is 0. The number of fused-ring (bicyclic) bond motifs is 4. The molecule has 3 saturated heterocycles. The average molecular weight is 646 g/mol. The smallest absolute Gasteiger partial charge is 0.319 e. The van der Waals surface area contributed by atoms with Gasteiger partial charge in [0.25, 0.3) is 5.56 Å². The number of hydrogen-bond acceptors (Lipinski definition) is 16. The molecule has 3 aliphatic heterocycles. The van der Waals surface area contributed by atoms with E-state index in [0.29, 0.717) is 0 Å². The van der Waals surface area contributed by atoms with Crippen molar-refractivity contribution >= 4 is 50.6 Å². The van der Waals surface area contributed by atoms with Crippen LogP contribution in [-0.2, 0) is 36.7 Å². The van der Waals surface area contributed by atoms with Crippen molar-refractivity contribution in [3.63, 3.8) is 0 Å². The van der Waals surface area contributed by atoms with Crippen LogP contribution in [0.15, 0.2) is 23.8 Å². The highest BCUT2D eigenvalue weighted by atomic mass is 31.1. The molecule has 4 unspecified atom stereocenters. The van der Waals surface area contributed by atoms with E-state index < -0.39 is 84.5 Å². The first-order valence-corrected chi connectivity index (χ1v) is 15.1. The Balaban J connectivity index is 1.12. The summed E-state index contributed by atoms with van der Waals surface area (Å²) in [6, 6.07) is 0. The Hall–Kier alpha value is -3.42. The van der Waals surface area contributed by atoms with Gasteiger partial charge in [0.15, 0.2) is 47.4 Å². The fraction of sp³-hybridized carbons (Fsp3) is 0.500. The summed E-state index contributed by atoms with van der Waals surface area (Å²) in [4.78, 5) is 34.3. The third kappa shape index (κ3) is 4.91. The van der Waals surface area contributed by atoms with Crippen LogP contribution in [0.25, 0.3) is 22.3 Å². The number of nitrogens with zero attached hydrogens (tertiary/aromatic N) is 7. The highest BCUT2D eigenvalue weighted by Gasteiger charge is 2.51. The molecule has 19 nitrogen and oxygen atoms in total. The van der Waals surface area contributed by atoms with Crippen molar-refractivity contribution < 1.29 is 45.5 Å². The molecule has 10 atom stereocenters. The summed E-state index contributed by atoms with van der Waals surface area (Å²) in [7, 11) is -6.90. The van der Waals surface area contributed by atoms with Crippen LogP contribution in [0.4, 0.5) is 20.5 Å². The number of rotatable bonds is 2. The molecule has 0 amide bonds. The van der Waals surface area contributed by atoms with Crippen LogP contribution >= 0.6 is 16.5 Å². The minimum absolute atomic E-state index is 0.0638. The number of imidazole rings is 2. The lowest BCUT2D eigenvalue weighted by Gasteiger charge is -2.23. The number of aromatic nitrogens is 8. The van der Waals surface area contributed by atoms with E-state index in [1.807, 2.05) is 0 Å². The van der Waals surface area contributed by atoms with Crippen LogP contribution in [-0.4, -0.2) is 89.0 Å². The molecule has 3 aliphatic rings. The number of anilines is 2. The van der Waals surface area contributed by atoms with Crippen molar-refractivity contribution in [3.8, 4) is 0 Å². The second-order valence-electron chi connectivity index (χ2n) is 9.66. The molecule has 0 saturated carbocycles. The third-order valence-corrected chi connectivity index (χ3v) is 8.85. The van der Waals surface area contributed by atoms with Gasteiger partial charge in [-0.25, -0.2) is 28.7 Å². The number of halogens is 2. The summed E-state index contributed by atoms with van der Waals surface area (Å²) in [5.74, 6) is -0.179. The van der Waals surface area contributed by atoms with Crippen molar-refractivity contribution in [2.75, 3.05) is 24.7 Å². The first-order valence-electron chi connectivity index (χ1n) is 12.6. The van der Waals surface area contributed by atoms with Gasteiger partial charge in [0.05, 0.1) is 25.9 Å². The fourth-order valence-corrected chi connectivity index (χ4v) is 6.91. The Bertz CT molecular complexity index is 1810. The van der Waals surface area contributed by atoms with Crippen molar-refractivity contribution in [3.05, 3.63) is 29.3 Å². The third-order valence-electron chi connectivity index (χ3n) is 7.12. The first kappa shape index (κ1) is 28.4. The Kier molecular flexibility index (Phi) is 7.21. The van der Waals surface area contributed by atoms with E-state index in [1.165, 1.54) is 17.2 Å². The van der Waals surface area contributed by atoms with Gasteiger partial charge < -0.3 is 39.0 Å². The monoisotopic (exact) mass is 646 g/mol. The molecule has 0 aliphatic carbocycles. The molecule has 4 aromatic heterocycles. The van der Waals surface area contributed by atoms with E-state index in [0.717, 1.165) is 10.9 Å². The van der Waals surface area contributed by atoms with Crippen LogP contribution in [0.2, 0.25) is 0 Å². The molecule has 230 valence electrons. The topological polar surface area (TPSA) is 249 Å². The molecular formula is C20H22F2N10O9P2. The van der Waals surface area contributed by atoms with Crippen molar-refractivity contribution in [2.24, 2.45) is 0 Å². The number of ether oxygens (including phenoxy) is 2. The normalized spacial score (nSPS) is 35.4. The predicted molar refractivity (Wildman–Crippen MR) is 140 cm³/mol. The molecule has 0 spiro atoms. The highest BCUT2D eigenvalue weighted by molar-refractivity contribution is 7.33. The van der Waals surface area contributed by atoms with E-state index in [1.54, 1.807) is 0 Å². The average Bonchev–Trinajstić information content (AvgIpc) is 3.72. The van der Waals surface area contributed by atoms with E-state index >= 15 is 8.78 Å². The summed E-state index contributed by atoms with van der Waals surface area (Å²) >= 11 is 0. The Morgan fingerprint density at radius 1 is 0.837 bits per heavy atom. The SMILES string of the molecule is Nc1nc2c(ncn2[C@@H]2OC3CO[PH](=O)O[C@@H]4C(CO[PH](=O)O[C@H]3[C@H]2F)O[C@@H](n2cnc3c(N)ncnc32)[C@@H]4F)c(=O)[nH]1. The minimum Gasteiger partial charge on any atom is -0.382 e. The maximum atomic E-state index is 15.8. The Labute approximate surface area is 238 Å². The second kappa shape index (κ2) is 10.9. The number of nitrogen functional groups attached to an aromatic ring is 2. The number of hydrogen-bond donors (Lipinski definition) is 3. The maximum Gasteiger partial charge on any atom is 0.319 e. The lowest BCUT2D eigenvalue weighted by Crippen LogP contribution is -2.35. The largest absolute Gasteiger partial charge is 0.382 e. The lowest BCUT2D eigenvalue weighted by molar-refractivity contribution is -0.0533. The number of H-pyrrole nitrogens is 1. The van der Waals surface area contributed by atoms with Crippen molar-refractivity contribution in [1.82, 2.24) is 39.0 Å². The van der Waals surface area contributed by atoms with E-state index in [9.17, 15) is 13.9 Å². The summed E-state index contributed by atoms with van der Waals surface area (Å²) < 4.78 is 92.5. The van der Waals surface area contributed by atoms with Crippen LogP contribution in [0, 0.1) is 0 Å². The summed E-state index contributed by atoms with van der Waals surface area (Å²) in [5.41, 5.74) is 10.9. The van der Waals surface area contributed by atoms with Crippen molar-refractivity contribution in [1.29, 1.82) is 0 Å². The van der Waals surface area contributed by atoms with Gasteiger partial charge in [-0.1, -0.05) is 0 Å². The minimum atomic E-state index is -3.45. The van der Waals surface area contributed by atoms with Crippen LogP contribution in [0.1, 0.15) is 12.5 Å². The van der Waals surface area contributed by atoms with Gasteiger partial charge >= 0.3 is 16.5 Å². The first-order chi connectivity index (χ1) is 20.7. The molecule has 0 aromatic carbocycles. The van der Waals surface area contributed by atoms with Crippen LogP contribution < -0.4 is 17.0 Å². The molecule has 23 heteroatoms. The van der Waals surface area contributed by atoms with Gasteiger partial charge in [0.1, 0.15) is 36.3 Å². The lowest BCUT2D eigenvalue weighted by atomic mass is 10.1. The van der Waals surface area contributed by atoms with Gasteiger partial charge in [0, 0.05) is 0 Å². The molecule has 43 heavy (non-hydrogen) atoms. The molecule has 7 heterocycles. The standard InChI is InChI=1S/C20H22F2N10O9P2/c21-8-12-6(38-18(8)31-4-27-10-14(23)25-3-26-15(10)31)1-36-43(35)41-13-7(2-37-42(34)40-12)39-19(9(13)22)32-5-28-11-16(32)29-20(24)30-17(11)33/h3-9,12-13,18-19,42-43H,1-2H2,(H2,23,25,26)(H3,24,29,30,33)/t6?,7?,8-,9-,12-,13-,18-,19-/m1/s1. The van der Waals surface area contributed by atoms with Crippen molar-refractivity contribution in [2.45, 2.75) is 49.2 Å². The Morgan fingerprint density at radius 2 is 1.40 bits per heavy atom. The van der Waals surface area contributed by atoms with E-state index in [4.69, 9.17) is 39.0 Å². The zero-order valence-electron chi connectivity index (χ0n) is 21.5. The molecular weight excluding hydrogens is 624 g/mol.